The summed E-state index contributed by atoms with van der Waals surface area (Å²) in [6, 6.07) is 21.8. The maximum atomic E-state index is 12.2. The molecule has 0 atom stereocenters. The van der Waals surface area contributed by atoms with Gasteiger partial charge in [0.15, 0.2) is 15.8 Å². The van der Waals surface area contributed by atoms with Crippen molar-refractivity contribution in [3.63, 3.8) is 0 Å². The summed E-state index contributed by atoms with van der Waals surface area (Å²) in [6.45, 7) is 2.47. The second-order valence-corrected chi connectivity index (χ2v) is 10.7. The highest BCUT2D eigenvalue weighted by Gasteiger charge is 2.12. The van der Waals surface area contributed by atoms with Crippen LogP contribution >= 0.6 is 39.0 Å². The van der Waals surface area contributed by atoms with E-state index in [1.165, 1.54) is 28.7 Å². The van der Waals surface area contributed by atoms with Crippen LogP contribution in [0.15, 0.2) is 86.0 Å². The number of aryl methyl sites for hydroxylation is 1. The molecule has 0 unspecified atom stereocenters. The number of rotatable bonds is 10. The zero-order valence-corrected chi connectivity index (χ0v) is 23.0. The van der Waals surface area contributed by atoms with Crippen LogP contribution in [-0.2, 0) is 11.4 Å². The van der Waals surface area contributed by atoms with Gasteiger partial charge in [0.05, 0.1) is 29.2 Å². The first kappa shape index (κ1) is 25.9. The highest BCUT2D eigenvalue weighted by Crippen LogP contribution is 2.37. The van der Waals surface area contributed by atoms with E-state index in [0.717, 1.165) is 31.2 Å². The number of hydrogen-bond acceptors (Lipinski definition) is 7. The van der Waals surface area contributed by atoms with E-state index < -0.39 is 0 Å². The van der Waals surface area contributed by atoms with Crippen LogP contribution in [0, 0.1) is 6.92 Å². The Balaban J connectivity index is 1.30. The van der Waals surface area contributed by atoms with E-state index in [2.05, 4.69) is 37.5 Å². The molecule has 36 heavy (non-hydrogen) atoms. The Labute approximate surface area is 226 Å². The standard InChI is InChI=1S/C27H24BrN3O3S2/c1-18-7-6-8-19(11-18)15-34-26-22(28)12-20(13-24(26)33-2)14-29-31-25(32)17-36-27-30-23(16-35-27)21-9-4-3-5-10-21/h3-14,16H,15,17H2,1-2H3,(H,31,32)/b29-14+. The number of ether oxygens (including phenoxy) is 2. The number of hydrazone groups is 1. The van der Waals surface area contributed by atoms with Gasteiger partial charge in [-0.25, -0.2) is 10.4 Å². The molecule has 3 aromatic carbocycles. The molecule has 184 valence electrons. The highest BCUT2D eigenvalue weighted by molar-refractivity contribution is 9.10. The van der Waals surface area contributed by atoms with Gasteiger partial charge in [0.1, 0.15) is 6.61 Å². The number of nitrogens with zero attached hydrogens (tertiary/aromatic N) is 2. The number of thioether (sulfide) groups is 1. The van der Waals surface area contributed by atoms with Crippen LogP contribution in [0.4, 0.5) is 0 Å². The van der Waals surface area contributed by atoms with Crippen molar-refractivity contribution in [3.8, 4) is 22.8 Å². The van der Waals surface area contributed by atoms with Crippen LogP contribution in [0.1, 0.15) is 16.7 Å². The van der Waals surface area contributed by atoms with Crippen LogP contribution < -0.4 is 14.9 Å². The van der Waals surface area contributed by atoms with Crippen LogP contribution in [0.25, 0.3) is 11.3 Å². The fourth-order valence-electron chi connectivity index (χ4n) is 3.32. The van der Waals surface area contributed by atoms with E-state index >= 15 is 0 Å². The van der Waals surface area contributed by atoms with Crippen LogP contribution in [0.2, 0.25) is 0 Å². The van der Waals surface area contributed by atoms with E-state index in [9.17, 15) is 4.79 Å². The van der Waals surface area contributed by atoms with Crippen LogP contribution in [0.3, 0.4) is 0 Å². The van der Waals surface area contributed by atoms with Crippen molar-refractivity contribution in [3.05, 3.63) is 93.3 Å². The van der Waals surface area contributed by atoms with Gasteiger partial charge in [0.2, 0.25) is 0 Å². The normalized spacial score (nSPS) is 11.0. The number of carbonyl (C=O) groups excluding carboxylic acids is 1. The Morgan fingerprint density at radius 2 is 2.00 bits per heavy atom. The van der Waals surface area contributed by atoms with Gasteiger partial charge in [-0.1, -0.05) is 71.9 Å². The molecule has 1 amide bonds. The van der Waals surface area contributed by atoms with Gasteiger partial charge in [-0.15, -0.1) is 11.3 Å². The maximum absolute atomic E-state index is 12.2. The lowest BCUT2D eigenvalue weighted by Crippen LogP contribution is -2.19. The fourth-order valence-corrected chi connectivity index (χ4v) is 5.52. The fraction of sp³-hybridized carbons (Fsp3) is 0.148. The minimum Gasteiger partial charge on any atom is -0.493 e. The summed E-state index contributed by atoms with van der Waals surface area (Å²) in [5, 5.41) is 6.08. The lowest BCUT2D eigenvalue weighted by atomic mass is 10.1. The van der Waals surface area contributed by atoms with Crippen molar-refractivity contribution in [2.24, 2.45) is 5.10 Å². The number of halogens is 1. The second-order valence-electron chi connectivity index (χ2n) is 7.76. The molecular formula is C27H24BrN3O3S2. The molecule has 9 heteroatoms. The Morgan fingerprint density at radius 1 is 1.17 bits per heavy atom. The summed E-state index contributed by atoms with van der Waals surface area (Å²) in [5.41, 5.74) is 7.53. The number of thiazole rings is 1. The molecule has 0 saturated carbocycles. The molecule has 0 spiro atoms. The molecule has 0 aliphatic carbocycles. The first-order chi connectivity index (χ1) is 17.5. The SMILES string of the molecule is COc1cc(/C=N/NC(=O)CSc2nc(-c3ccccc3)cs2)cc(Br)c1OCc1cccc(C)c1. The van der Waals surface area contributed by atoms with E-state index in [-0.39, 0.29) is 11.7 Å². The quantitative estimate of drug-likeness (QED) is 0.128. The molecule has 0 bridgehead atoms. The first-order valence-corrected chi connectivity index (χ1v) is 13.7. The first-order valence-electron chi connectivity index (χ1n) is 11.0. The Hall–Kier alpha value is -3.14. The smallest absolute Gasteiger partial charge is 0.250 e. The van der Waals surface area contributed by atoms with Crippen LogP contribution in [0.5, 0.6) is 11.5 Å². The summed E-state index contributed by atoms with van der Waals surface area (Å²) >= 11 is 6.46. The molecule has 0 aliphatic rings. The van der Waals surface area contributed by atoms with Gasteiger partial charge >= 0.3 is 0 Å². The number of hydrogen-bond donors (Lipinski definition) is 1. The zero-order valence-electron chi connectivity index (χ0n) is 19.7. The molecule has 1 heterocycles. The summed E-state index contributed by atoms with van der Waals surface area (Å²) in [6.07, 6.45) is 1.57. The highest BCUT2D eigenvalue weighted by atomic mass is 79.9. The third kappa shape index (κ3) is 7.19. The maximum Gasteiger partial charge on any atom is 0.250 e. The van der Waals surface area contributed by atoms with Gasteiger partial charge in [-0.3, -0.25) is 4.79 Å². The topological polar surface area (TPSA) is 72.8 Å². The van der Waals surface area contributed by atoms with Gasteiger partial charge in [-0.05, 0) is 46.1 Å². The zero-order chi connectivity index (χ0) is 25.3. The minimum absolute atomic E-state index is 0.211. The Bertz CT molecular complexity index is 1360. The van der Waals surface area contributed by atoms with E-state index in [0.29, 0.717) is 18.1 Å². The summed E-state index contributed by atoms with van der Waals surface area (Å²) in [7, 11) is 1.59. The number of aromatic nitrogens is 1. The predicted octanol–water partition coefficient (Wildman–Crippen LogP) is 6.71. The van der Waals surface area contributed by atoms with Gasteiger partial charge in [-0.2, -0.15) is 5.10 Å². The second kappa shape index (κ2) is 12.7. The third-order valence-corrected chi connectivity index (χ3v) is 7.61. The van der Waals surface area contributed by atoms with Gasteiger partial charge in [0, 0.05) is 10.9 Å². The number of nitrogens with one attached hydrogen (secondary N) is 1. The minimum atomic E-state index is -0.211. The van der Waals surface area contributed by atoms with Crippen molar-refractivity contribution in [2.75, 3.05) is 12.9 Å². The molecular weight excluding hydrogens is 558 g/mol. The van der Waals surface area contributed by atoms with Crippen molar-refractivity contribution in [1.29, 1.82) is 0 Å². The molecule has 1 N–H and O–H groups in total. The van der Waals surface area contributed by atoms with E-state index in [1.807, 2.05) is 66.9 Å². The van der Waals surface area contributed by atoms with Crippen molar-refractivity contribution in [2.45, 2.75) is 17.9 Å². The monoisotopic (exact) mass is 581 g/mol. The lowest BCUT2D eigenvalue weighted by molar-refractivity contribution is -0.118. The average molecular weight is 583 g/mol. The van der Waals surface area contributed by atoms with E-state index in [4.69, 9.17) is 9.47 Å². The summed E-state index contributed by atoms with van der Waals surface area (Å²) in [4.78, 5) is 16.8. The molecule has 4 aromatic rings. The van der Waals surface area contributed by atoms with Crippen molar-refractivity contribution in [1.82, 2.24) is 10.4 Å². The largest absolute Gasteiger partial charge is 0.493 e. The number of amides is 1. The molecule has 0 radical (unpaired) electrons. The van der Waals surface area contributed by atoms with E-state index in [1.54, 1.807) is 19.4 Å². The number of methoxy groups -OCH3 is 1. The molecule has 1 aromatic heterocycles. The van der Waals surface area contributed by atoms with Crippen molar-refractivity contribution < 1.29 is 14.3 Å². The Morgan fingerprint density at radius 3 is 2.78 bits per heavy atom. The number of carbonyl (C=O) groups is 1. The Kier molecular flexibility index (Phi) is 9.16. The molecule has 0 fully saturated rings. The third-order valence-electron chi connectivity index (χ3n) is 5.00. The molecule has 0 aliphatic heterocycles. The molecule has 6 nitrogen and oxygen atoms in total. The molecule has 0 saturated heterocycles. The number of benzene rings is 3. The average Bonchev–Trinajstić information content (AvgIpc) is 3.36. The van der Waals surface area contributed by atoms with Gasteiger partial charge < -0.3 is 9.47 Å². The van der Waals surface area contributed by atoms with Gasteiger partial charge in [0.25, 0.3) is 5.91 Å². The summed E-state index contributed by atoms with van der Waals surface area (Å²) in [5.74, 6) is 1.18. The van der Waals surface area contributed by atoms with Crippen LogP contribution in [-0.4, -0.2) is 30.0 Å². The lowest BCUT2D eigenvalue weighted by Gasteiger charge is -2.13. The van der Waals surface area contributed by atoms with Crippen molar-refractivity contribution >= 4 is 51.2 Å². The molecule has 4 rings (SSSR count). The summed E-state index contributed by atoms with van der Waals surface area (Å²) < 4.78 is 13.1. The predicted molar refractivity (Wildman–Crippen MR) is 150 cm³/mol.